The zero-order valence-electron chi connectivity index (χ0n) is 12.8. The van der Waals surface area contributed by atoms with Gasteiger partial charge < -0.3 is 14.9 Å². The minimum atomic E-state index is -0.885. The fourth-order valence-electron chi connectivity index (χ4n) is 3.36. The van der Waals surface area contributed by atoms with Crippen molar-refractivity contribution in [1.29, 1.82) is 0 Å². The Kier molecular flexibility index (Phi) is 4.34. The molecule has 1 heterocycles. The fraction of sp³-hybridized carbons (Fsp3) is 0.667. The highest BCUT2D eigenvalue weighted by molar-refractivity contribution is 5.85. The molecule has 0 bridgehead atoms. The summed E-state index contributed by atoms with van der Waals surface area (Å²) in [6.45, 7) is 7.47. The van der Waals surface area contributed by atoms with E-state index in [1.807, 2.05) is 20.8 Å². The lowest BCUT2D eigenvalue weighted by Crippen LogP contribution is -2.36. The Morgan fingerprint density at radius 2 is 1.95 bits per heavy atom. The van der Waals surface area contributed by atoms with Gasteiger partial charge in [0.15, 0.2) is 0 Å². The number of nitrogens with zero attached hydrogens (tertiary/aromatic N) is 1. The largest absolute Gasteiger partial charge is 0.481 e. The normalized spacial score (nSPS) is 26.6. The number of carbonyl (C=O) groups excluding carboxylic acids is 1. The summed E-state index contributed by atoms with van der Waals surface area (Å²) in [4.78, 5) is 23.7. The molecule has 4 atom stereocenters. The predicted octanol–water partition coefficient (Wildman–Crippen LogP) is 2.22. The number of amides is 1. The Morgan fingerprint density at radius 1 is 1.33 bits per heavy atom. The van der Waals surface area contributed by atoms with Crippen LogP contribution in [0.1, 0.15) is 49.7 Å². The Labute approximate surface area is 123 Å². The van der Waals surface area contributed by atoms with Crippen LogP contribution >= 0.6 is 0 Å². The number of rotatable bonds is 4. The third-order valence-electron chi connectivity index (χ3n) is 4.33. The fourth-order valence-corrected chi connectivity index (χ4v) is 3.36. The van der Waals surface area contributed by atoms with Crippen molar-refractivity contribution in [3.8, 4) is 0 Å². The maximum atomic E-state index is 12.4. The number of hydrogen-bond donors (Lipinski definition) is 2. The molecule has 0 radical (unpaired) electrons. The molecule has 1 aliphatic carbocycles. The Morgan fingerprint density at radius 3 is 2.48 bits per heavy atom. The summed E-state index contributed by atoms with van der Waals surface area (Å²) in [6, 6.07) is -0.242. The van der Waals surface area contributed by atoms with Crippen LogP contribution in [0.25, 0.3) is 0 Å². The molecule has 0 aromatic carbocycles. The molecule has 1 saturated carbocycles. The number of nitrogens with one attached hydrogen (secondary N) is 1. The molecule has 6 nitrogen and oxygen atoms in total. The van der Waals surface area contributed by atoms with Gasteiger partial charge >= 0.3 is 5.97 Å². The minimum absolute atomic E-state index is 0.195. The summed E-state index contributed by atoms with van der Waals surface area (Å²) < 4.78 is 5.10. The second-order valence-corrected chi connectivity index (χ2v) is 6.10. The smallest absolute Gasteiger partial charge is 0.307 e. The van der Waals surface area contributed by atoms with Gasteiger partial charge in [-0.3, -0.25) is 9.59 Å². The standard InChI is InChI=1S/C15H22N2O4/c1-7-5-11(12(6-7)15(19)20)14(18)16-8(2)13-9(3)17-21-10(13)4/h7-8,11-12H,5-6H2,1-4H3,(H,16,18)(H,19,20). The van der Waals surface area contributed by atoms with Crippen molar-refractivity contribution in [3.63, 3.8) is 0 Å². The molecule has 4 unspecified atom stereocenters. The van der Waals surface area contributed by atoms with Crippen LogP contribution in [-0.4, -0.2) is 22.1 Å². The van der Waals surface area contributed by atoms with Gasteiger partial charge in [0.1, 0.15) is 5.76 Å². The molecule has 2 rings (SSSR count). The molecule has 1 amide bonds. The van der Waals surface area contributed by atoms with Crippen LogP contribution in [0.5, 0.6) is 0 Å². The number of aryl methyl sites for hydroxylation is 2. The first-order valence-electron chi connectivity index (χ1n) is 7.27. The van der Waals surface area contributed by atoms with E-state index in [0.29, 0.717) is 18.6 Å². The van der Waals surface area contributed by atoms with E-state index in [-0.39, 0.29) is 17.9 Å². The monoisotopic (exact) mass is 294 g/mol. The molecule has 0 spiro atoms. The van der Waals surface area contributed by atoms with Crippen LogP contribution in [0.3, 0.4) is 0 Å². The van der Waals surface area contributed by atoms with E-state index in [4.69, 9.17) is 4.52 Å². The summed E-state index contributed by atoms with van der Waals surface area (Å²) in [5.74, 6) is -1.19. The maximum absolute atomic E-state index is 12.4. The number of carboxylic acids is 1. The molecule has 1 aromatic heterocycles. The quantitative estimate of drug-likeness (QED) is 0.888. The van der Waals surface area contributed by atoms with Crippen LogP contribution in [0.2, 0.25) is 0 Å². The molecular formula is C15H22N2O4. The zero-order chi connectivity index (χ0) is 15.7. The lowest BCUT2D eigenvalue weighted by molar-refractivity contribution is -0.146. The van der Waals surface area contributed by atoms with Crippen LogP contribution in [0, 0.1) is 31.6 Å². The highest BCUT2D eigenvalue weighted by Gasteiger charge is 2.41. The molecule has 6 heteroatoms. The SMILES string of the molecule is Cc1noc(C)c1C(C)NC(=O)C1CC(C)CC1C(=O)O. The number of aromatic nitrogens is 1. The van der Waals surface area contributed by atoms with Gasteiger partial charge in [-0.05, 0) is 39.5 Å². The number of carbonyl (C=O) groups is 2. The van der Waals surface area contributed by atoms with Gasteiger partial charge in [-0.15, -0.1) is 0 Å². The first-order valence-corrected chi connectivity index (χ1v) is 7.27. The predicted molar refractivity (Wildman–Crippen MR) is 75.5 cm³/mol. The zero-order valence-corrected chi connectivity index (χ0v) is 12.8. The van der Waals surface area contributed by atoms with E-state index in [2.05, 4.69) is 10.5 Å². The molecule has 0 saturated heterocycles. The van der Waals surface area contributed by atoms with Crippen molar-refractivity contribution >= 4 is 11.9 Å². The van der Waals surface area contributed by atoms with Gasteiger partial charge in [-0.1, -0.05) is 12.1 Å². The van der Waals surface area contributed by atoms with Gasteiger partial charge in [0.2, 0.25) is 5.91 Å². The average Bonchev–Trinajstić information content (AvgIpc) is 2.93. The maximum Gasteiger partial charge on any atom is 0.307 e. The van der Waals surface area contributed by atoms with Crippen molar-refractivity contribution in [1.82, 2.24) is 10.5 Å². The number of hydrogen-bond acceptors (Lipinski definition) is 4. The van der Waals surface area contributed by atoms with Gasteiger partial charge in [0, 0.05) is 5.56 Å². The second kappa shape index (κ2) is 5.87. The van der Waals surface area contributed by atoms with Gasteiger partial charge in [0.05, 0.1) is 23.6 Å². The molecule has 0 aliphatic heterocycles. The molecule has 2 N–H and O–H groups in total. The van der Waals surface area contributed by atoms with E-state index in [9.17, 15) is 14.7 Å². The average molecular weight is 294 g/mol. The summed E-state index contributed by atoms with van der Waals surface area (Å²) in [5, 5.41) is 16.0. The number of carboxylic acid groups (broad SMARTS) is 1. The minimum Gasteiger partial charge on any atom is -0.481 e. The van der Waals surface area contributed by atoms with Crippen LogP contribution in [0.15, 0.2) is 4.52 Å². The van der Waals surface area contributed by atoms with E-state index in [1.54, 1.807) is 6.92 Å². The molecule has 21 heavy (non-hydrogen) atoms. The summed E-state index contributed by atoms with van der Waals surface area (Å²) in [7, 11) is 0. The van der Waals surface area contributed by atoms with E-state index in [0.717, 1.165) is 11.3 Å². The van der Waals surface area contributed by atoms with Crippen LogP contribution < -0.4 is 5.32 Å². The van der Waals surface area contributed by atoms with Gasteiger partial charge in [-0.25, -0.2) is 0 Å². The van der Waals surface area contributed by atoms with Crippen molar-refractivity contribution in [2.45, 2.75) is 46.6 Å². The van der Waals surface area contributed by atoms with E-state index >= 15 is 0 Å². The lowest BCUT2D eigenvalue weighted by Gasteiger charge is -2.19. The van der Waals surface area contributed by atoms with Gasteiger partial charge in [-0.2, -0.15) is 0 Å². The third-order valence-corrected chi connectivity index (χ3v) is 4.33. The summed E-state index contributed by atoms with van der Waals surface area (Å²) >= 11 is 0. The highest BCUT2D eigenvalue weighted by atomic mass is 16.5. The van der Waals surface area contributed by atoms with Gasteiger partial charge in [0.25, 0.3) is 0 Å². The second-order valence-electron chi connectivity index (χ2n) is 6.10. The Balaban J connectivity index is 2.09. The van der Waals surface area contributed by atoms with Crippen molar-refractivity contribution in [2.75, 3.05) is 0 Å². The molecule has 1 fully saturated rings. The Hall–Kier alpha value is -1.85. The lowest BCUT2D eigenvalue weighted by atomic mass is 9.94. The highest BCUT2D eigenvalue weighted by Crippen LogP contribution is 2.37. The molecule has 116 valence electrons. The molecular weight excluding hydrogens is 272 g/mol. The van der Waals surface area contributed by atoms with Crippen molar-refractivity contribution in [3.05, 3.63) is 17.0 Å². The van der Waals surface area contributed by atoms with Crippen LogP contribution in [-0.2, 0) is 9.59 Å². The molecule has 1 aliphatic rings. The summed E-state index contributed by atoms with van der Waals surface area (Å²) in [6.07, 6.45) is 1.18. The first kappa shape index (κ1) is 15.5. The van der Waals surface area contributed by atoms with E-state index < -0.39 is 17.8 Å². The topological polar surface area (TPSA) is 92.4 Å². The Bertz CT molecular complexity index is 532. The molecule has 1 aromatic rings. The van der Waals surface area contributed by atoms with Crippen LogP contribution in [0.4, 0.5) is 0 Å². The summed E-state index contributed by atoms with van der Waals surface area (Å²) in [5.41, 5.74) is 1.61. The first-order chi connectivity index (χ1) is 9.81. The van der Waals surface area contributed by atoms with Crippen molar-refractivity contribution in [2.24, 2.45) is 17.8 Å². The van der Waals surface area contributed by atoms with E-state index in [1.165, 1.54) is 0 Å². The third kappa shape index (κ3) is 3.09. The number of aliphatic carboxylic acids is 1. The van der Waals surface area contributed by atoms with Crippen molar-refractivity contribution < 1.29 is 19.2 Å².